The Hall–Kier alpha value is -1.62. The van der Waals surface area contributed by atoms with Gasteiger partial charge in [0.15, 0.2) is 0 Å². The fourth-order valence-electron chi connectivity index (χ4n) is 2.50. The maximum Gasteiger partial charge on any atom is 0.245 e. The third kappa shape index (κ3) is 2.30. The zero-order valence-electron chi connectivity index (χ0n) is 11.4. The lowest BCUT2D eigenvalue weighted by Gasteiger charge is -2.43. The topological polar surface area (TPSA) is 52.6 Å². The lowest BCUT2D eigenvalue weighted by molar-refractivity contribution is -0.126. The summed E-state index contributed by atoms with van der Waals surface area (Å²) in [6.07, 6.45) is -0.919. The molecule has 1 atom stereocenters. The number of anilines is 1. The molecule has 1 heterocycles. The molecule has 1 fully saturated rings. The van der Waals surface area contributed by atoms with Gasteiger partial charge in [-0.25, -0.2) is 4.39 Å². The van der Waals surface area contributed by atoms with Crippen molar-refractivity contribution in [3.05, 3.63) is 29.6 Å². The molecule has 0 saturated carbocycles. The average molecular weight is 266 g/mol. The quantitative estimate of drug-likeness (QED) is 0.854. The number of rotatable bonds is 2. The highest BCUT2D eigenvalue weighted by Gasteiger charge is 2.39. The highest BCUT2D eigenvalue weighted by atomic mass is 19.1. The van der Waals surface area contributed by atoms with Gasteiger partial charge < -0.3 is 15.3 Å². The van der Waals surface area contributed by atoms with Gasteiger partial charge in [-0.05, 0) is 32.9 Å². The van der Waals surface area contributed by atoms with E-state index in [1.165, 1.54) is 13.0 Å². The molecule has 1 amide bonds. The Balaban J connectivity index is 2.52. The molecule has 2 rings (SSSR count). The molecule has 0 bridgehead atoms. The summed E-state index contributed by atoms with van der Waals surface area (Å²) < 4.78 is 13.9. The molecule has 1 aromatic carbocycles. The molecule has 2 N–H and O–H groups in total. The number of hydrogen-bond donors (Lipinski definition) is 2. The molecular formula is C14H19FN2O2. The summed E-state index contributed by atoms with van der Waals surface area (Å²) >= 11 is 0. The molecule has 1 aromatic rings. The minimum absolute atomic E-state index is 0.0976. The molecule has 0 spiro atoms. The Kier molecular flexibility index (Phi) is 3.49. The van der Waals surface area contributed by atoms with E-state index in [1.807, 2.05) is 4.90 Å². The third-order valence-corrected chi connectivity index (χ3v) is 3.59. The van der Waals surface area contributed by atoms with Crippen molar-refractivity contribution in [2.24, 2.45) is 0 Å². The number of hydrogen-bond acceptors (Lipinski definition) is 3. The van der Waals surface area contributed by atoms with Crippen molar-refractivity contribution in [1.82, 2.24) is 5.32 Å². The van der Waals surface area contributed by atoms with Crippen molar-refractivity contribution < 1.29 is 14.3 Å². The smallest absolute Gasteiger partial charge is 0.245 e. The van der Waals surface area contributed by atoms with Crippen LogP contribution in [0.15, 0.2) is 18.2 Å². The van der Waals surface area contributed by atoms with Crippen LogP contribution in [0.5, 0.6) is 0 Å². The van der Waals surface area contributed by atoms with E-state index in [9.17, 15) is 14.3 Å². The van der Waals surface area contributed by atoms with Crippen LogP contribution in [0.4, 0.5) is 10.1 Å². The Morgan fingerprint density at radius 2 is 2.16 bits per heavy atom. The lowest BCUT2D eigenvalue weighted by atomic mass is 9.95. The van der Waals surface area contributed by atoms with Gasteiger partial charge in [0, 0.05) is 24.3 Å². The molecular weight excluding hydrogens is 247 g/mol. The molecule has 1 aliphatic heterocycles. The molecule has 1 saturated heterocycles. The van der Waals surface area contributed by atoms with Crippen LogP contribution in [0.3, 0.4) is 0 Å². The zero-order valence-corrected chi connectivity index (χ0v) is 11.4. The lowest BCUT2D eigenvalue weighted by Crippen LogP contribution is -2.62. The maximum absolute atomic E-state index is 13.9. The Morgan fingerprint density at radius 1 is 1.47 bits per heavy atom. The Bertz CT molecular complexity index is 500. The van der Waals surface area contributed by atoms with Crippen LogP contribution in [-0.2, 0) is 4.79 Å². The first-order valence-electron chi connectivity index (χ1n) is 6.38. The normalized spacial score (nSPS) is 20.1. The summed E-state index contributed by atoms with van der Waals surface area (Å²) in [5, 5.41) is 12.6. The SMILES string of the molecule is CC(O)c1c(F)cccc1N1CCNC(=O)C1(C)C. The number of carbonyl (C=O) groups excluding carboxylic acids is 1. The number of halogens is 1. The molecule has 0 radical (unpaired) electrons. The zero-order chi connectivity index (χ0) is 14.2. The maximum atomic E-state index is 13.9. The first kappa shape index (κ1) is 13.8. The van der Waals surface area contributed by atoms with Crippen LogP contribution in [-0.4, -0.2) is 29.6 Å². The van der Waals surface area contributed by atoms with Crippen LogP contribution in [0.2, 0.25) is 0 Å². The van der Waals surface area contributed by atoms with Crippen molar-refractivity contribution in [3.8, 4) is 0 Å². The van der Waals surface area contributed by atoms with Gasteiger partial charge in [-0.15, -0.1) is 0 Å². The van der Waals surface area contributed by atoms with Gasteiger partial charge in [0.25, 0.3) is 0 Å². The largest absolute Gasteiger partial charge is 0.389 e. The van der Waals surface area contributed by atoms with Crippen LogP contribution in [0, 0.1) is 5.82 Å². The van der Waals surface area contributed by atoms with E-state index in [0.29, 0.717) is 18.8 Å². The fraction of sp³-hybridized carbons (Fsp3) is 0.500. The van der Waals surface area contributed by atoms with Gasteiger partial charge in [-0.2, -0.15) is 0 Å². The second kappa shape index (κ2) is 4.81. The molecule has 4 nitrogen and oxygen atoms in total. The number of nitrogens with one attached hydrogen (secondary N) is 1. The van der Waals surface area contributed by atoms with E-state index in [2.05, 4.69) is 5.32 Å². The number of amides is 1. The van der Waals surface area contributed by atoms with Crippen LogP contribution in [0.25, 0.3) is 0 Å². The number of carbonyl (C=O) groups is 1. The molecule has 0 aromatic heterocycles. The first-order valence-corrected chi connectivity index (χ1v) is 6.38. The summed E-state index contributed by atoms with van der Waals surface area (Å²) in [7, 11) is 0. The van der Waals surface area contributed by atoms with E-state index in [1.54, 1.807) is 26.0 Å². The van der Waals surface area contributed by atoms with Crippen molar-refractivity contribution >= 4 is 11.6 Å². The summed E-state index contributed by atoms with van der Waals surface area (Å²) in [5.41, 5.74) is 0.0514. The molecule has 0 aliphatic carbocycles. The molecule has 1 unspecified atom stereocenters. The highest BCUT2D eigenvalue weighted by Crippen LogP contribution is 2.34. The average Bonchev–Trinajstić information content (AvgIpc) is 2.31. The predicted molar refractivity (Wildman–Crippen MR) is 71.5 cm³/mol. The standard InChI is InChI=1S/C14H19FN2O2/c1-9(18)12-10(15)5-4-6-11(12)17-8-7-16-13(19)14(17,2)3/h4-6,9,18H,7-8H2,1-3H3,(H,16,19). The van der Waals surface area contributed by atoms with E-state index in [0.717, 1.165) is 0 Å². The van der Waals surface area contributed by atoms with E-state index >= 15 is 0 Å². The van der Waals surface area contributed by atoms with Gasteiger partial charge in [0.1, 0.15) is 11.4 Å². The number of aliphatic hydroxyl groups excluding tert-OH is 1. The summed E-state index contributed by atoms with van der Waals surface area (Å²) in [5.74, 6) is -0.547. The van der Waals surface area contributed by atoms with E-state index in [4.69, 9.17) is 0 Å². The van der Waals surface area contributed by atoms with Crippen molar-refractivity contribution in [3.63, 3.8) is 0 Å². The number of piperazine rings is 1. The van der Waals surface area contributed by atoms with Gasteiger partial charge in [-0.1, -0.05) is 6.07 Å². The van der Waals surface area contributed by atoms with Gasteiger partial charge in [0.05, 0.1) is 6.10 Å². The Labute approximate surface area is 112 Å². The second-order valence-electron chi connectivity index (χ2n) is 5.32. The predicted octanol–water partition coefficient (Wildman–Crippen LogP) is 1.59. The molecule has 19 heavy (non-hydrogen) atoms. The molecule has 5 heteroatoms. The minimum atomic E-state index is -0.919. The third-order valence-electron chi connectivity index (χ3n) is 3.59. The van der Waals surface area contributed by atoms with Crippen LogP contribution < -0.4 is 10.2 Å². The van der Waals surface area contributed by atoms with Gasteiger partial charge in [-0.3, -0.25) is 4.79 Å². The Morgan fingerprint density at radius 3 is 2.79 bits per heavy atom. The van der Waals surface area contributed by atoms with Crippen LogP contribution >= 0.6 is 0 Å². The first-order chi connectivity index (χ1) is 8.85. The minimum Gasteiger partial charge on any atom is -0.389 e. The van der Waals surface area contributed by atoms with Crippen molar-refractivity contribution in [2.75, 3.05) is 18.0 Å². The summed E-state index contributed by atoms with van der Waals surface area (Å²) in [4.78, 5) is 13.8. The number of benzene rings is 1. The monoisotopic (exact) mass is 266 g/mol. The summed E-state index contributed by atoms with van der Waals surface area (Å²) in [6.45, 7) is 6.20. The van der Waals surface area contributed by atoms with E-state index in [-0.39, 0.29) is 11.5 Å². The molecule has 1 aliphatic rings. The van der Waals surface area contributed by atoms with Gasteiger partial charge >= 0.3 is 0 Å². The second-order valence-corrected chi connectivity index (χ2v) is 5.32. The van der Waals surface area contributed by atoms with Crippen LogP contribution in [0.1, 0.15) is 32.4 Å². The van der Waals surface area contributed by atoms with Crippen molar-refractivity contribution in [2.45, 2.75) is 32.4 Å². The number of nitrogens with zero attached hydrogens (tertiary/aromatic N) is 1. The highest BCUT2D eigenvalue weighted by molar-refractivity contribution is 5.90. The molecule has 104 valence electrons. The summed E-state index contributed by atoms with van der Waals surface area (Å²) in [6, 6.07) is 4.66. The van der Waals surface area contributed by atoms with Gasteiger partial charge in [0.2, 0.25) is 5.91 Å². The number of aliphatic hydroxyl groups is 1. The fourth-order valence-corrected chi connectivity index (χ4v) is 2.50. The van der Waals surface area contributed by atoms with E-state index < -0.39 is 17.5 Å². The van der Waals surface area contributed by atoms with Crippen molar-refractivity contribution in [1.29, 1.82) is 0 Å².